The SMILES string of the molecule is CCCCCCCCCCCCCCOC(CO[C@@H]1O[C@H]([C@H](O)CO)[C@H](O)[C@@H]1O)CO[C@@H]1O[C@H]([C@H](O)CO)[C@H](O)[C@@H]1O. The Hall–Kier alpha value is -0.520. The van der Waals surface area contributed by atoms with Crippen LogP contribution in [0.25, 0.3) is 0 Å². The van der Waals surface area contributed by atoms with Crippen molar-refractivity contribution in [3.63, 3.8) is 0 Å². The van der Waals surface area contributed by atoms with Crippen LogP contribution >= 0.6 is 0 Å². The van der Waals surface area contributed by atoms with Crippen LogP contribution in [0, 0.1) is 0 Å². The van der Waals surface area contributed by atoms with E-state index in [0.717, 1.165) is 19.3 Å². The maximum absolute atomic E-state index is 10.3. The molecular weight excluding hydrogens is 556 g/mol. The standard InChI is InChI=1S/C29H56O13/c1-2-3-4-5-6-7-8-9-10-11-12-13-14-38-19(17-39-28-24(36)22(34)26(41-28)20(32)15-30)18-40-29-25(37)23(35)27(42-29)21(33)16-31/h19-37H,2-18H2,1H3/t20-,21-,22-,23-,24+,25+,26-,27-,28-,29-/m1/s1. The predicted molar refractivity (Wildman–Crippen MR) is 150 cm³/mol. The highest BCUT2D eigenvalue weighted by atomic mass is 16.7. The molecule has 0 spiro atoms. The van der Waals surface area contributed by atoms with Gasteiger partial charge >= 0.3 is 0 Å². The fourth-order valence-electron chi connectivity index (χ4n) is 5.20. The third-order valence-electron chi connectivity index (χ3n) is 7.89. The molecule has 2 aliphatic heterocycles. The highest BCUT2D eigenvalue weighted by Crippen LogP contribution is 2.27. The lowest BCUT2D eigenvalue weighted by Crippen LogP contribution is -2.41. The Morgan fingerprint density at radius 2 is 0.952 bits per heavy atom. The van der Waals surface area contributed by atoms with Gasteiger partial charge in [0.25, 0.3) is 0 Å². The monoisotopic (exact) mass is 612 g/mol. The van der Waals surface area contributed by atoms with Crippen LogP contribution in [-0.4, -0.2) is 141 Å². The molecule has 0 aromatic heterocycles. The summed E-state index contributed by atoms with van der Waals surface area (Å²) in [5.74, 6) is 0. The normalized spacial score (nSPS) is 31.3. The minimum atomic E-state index is -1.47. The van der Waals surface area contributed by atoms with Gasteiger partial charge in [0.2, 0.25) is 0 Å². The Bertz CT molecular complexity index is 633. The molecule has 0 bridgehead atoms. The highest BCUT2D eigenvalue weighted by molar-refractivity contribution is 4.92. The fraction of sp³-hybridized carbons (Fsp3) is 1.00. The maximum Gasteiger partial charge on any atom is 0.186 e. The molecule has 42 heavy (non-hydrogen) atoms. The van der Waals surface area contributed by atoms with E-state index < -0.39 is 80.7 Å². The largest absolute Gasteiger partial charge is 0.394 e. The van der Waals surface area contributed by atoms with Crippen molar-refractivity contribution in [2.24, 2.45) is 0 Å². The molecule has 2 fully saturated rings. The molecule has 250 valence electrons. The van der Waals surface area contributed by atoms with E-state index in [1.807, 2.05) is 0 Å². The van der Waals surface area contributed by atoms with Gasteiger partial charge in [-0.2, -0.15) is 0 Å². The van der Waals surface area contributed by atoms with Crippen molar-refractivity contribution in [2.75, 3.05) is 33.0 Å². The van der Waals surface area contributed by atoms with Gasteiger partial charge in [-0.15, -0.1) is 0 Å². The molecule has 13 nitrogen and oxygen atoms in total. The van der Waals surface area contributed by atoms with Crippen LogP contribution in [-0.2, 0) is 23.7 Å². The topological polar surface area (TPSA) is 208 Å². The Balaban J connectivity index is 1.77. The van der Waals surface area contributed by atoms with Crippen molar-refractivity contribution in [3.05, 3.63) is 0 Å². The first kappa shape index (κ1) is 37.7. The third-order valence-corrected chi connectivity index (χ3v) is 7.89. The van der Waals surface area contributed by atoms with Gasteiger partial charge in [-0.25, -0.2) is 0 Å². The fourth-order valence-corrected chi connectivity index (χ4v) is 5.20. The number of unbranched alkanes of at least 4 members (excludes halogenated alkanes) is 11. The second kappa shape index (κ2) is 21.3. The number of rotatable bonds is 24. The number of ether oxygens (including phenoxy) is 5. The summed E-state index contributed by atoms with van der Waals surface area (Å²) in [6.45, 7) is 0.983. The van der Waals surface area contributed by atoms with Crippen LogP contribution in [0.2, 0.25) is 0 Å². The van der Waals surface area contributed by atoms with Crippen molar-refractivity contribution >= 4 is 0 Å². The van der Waals surface area contributed by atoms with Gasteiger partial charge in [0.05, 0.1) is 26.4 Å². The lowest BCUT2D eigenvalue weighted by Gasteiger charge is -2.24. The van der Waals surface area contributed by atoms with Crippen molar-refractivity contribution in [1.29, 1.82) is 0 Å². The minimum Gasteiger partial charge on any atom is -0.394 e. The average Bonchev–Trinajstić information content (AvgIpc) is 3.44. The van der Waals surface area contributed by atoms with Gasteiger partial charge in [-0.1, -0.05) is 77.6 Å². The summed E-state index contributed by atoms with van der Waals surface area (Å²) in [6, 6.07) is 0. The van der Waals surface area contributed by atoms with E-state index in [0.29, 0.717) is 6.61 Å². The van der Waals surface area contributed by atoms with Crippen molar-refractivity contribution in [1.82, 2.24) is 0 Å². The summed E-state index contributed by atoms with van der Waals surface area (Å²) in [4.78, 5) is 0. The van der Waals surface area contributed by atoms with E-state index in [1.165, 1.54) is 57.8 Å². The molecule has 2 rings (SSSR count). The molecule has 0 aromatic rings. The van der Waals surface area contributed by atoms with Gasteiger partial charge in [0.15, 0.2) is 12.6 Å². The number of aliphatic hydroxyl groups excluding tert-OH is 8. The molecule has 8 N–H and O–H groups in total. The van der Waals surface area contributed by atoms with E-state index >= 15 is 0 Å². The number of hydrogen-bond acceptors (Lipinski definition) is 13. The second-order valence-corrected chi connectivity index (χ2v) is 11.4. The lowest BCUT2D eigenvalue weighted by atomic mass is 10.1. The molecule has 2 heterocycles. The zero-order valence-corrected chi connectivity index (χ0v) is 25.0. The van der Waals surface area contributed by atoms with Crippen molar-refractivity contribution in [3.8, 4) is 0 Å². The molecule has 2 aliphatic rings. The number of aliphatic hydroxyl groups is 8. The quantitative estimate of drug-likeness (QED) is 0.0660. The predicted octanol–water partition coefficient (Wildman–Crippen LogP) is -0.294. The zero-order chi connectivity index (χ0) is 30.9. The summed E-state index contributed by atoms with van der Waals surface area (Å²) >= 11 is 0. The van der Waals surface area contributed by atoms with Crippen molar-refractivity contribution in [2.45, 2.75) is 151 Å². The molecule has 0 aliphatic carbocycles. The van der Waals surface area contributed by atoms with Crippen LogP contribution in [0.1, 0.15) is 84.0 Å². The van der Waals surface area contributed by atoms with Crippen molar-refractivity contribution < 1.29 is 64.5 Å². The summed E-state index contributed by atoms with van der Waals surface area (Å²) in [5, 5.41) is 78.7. The summed E-state index contributed by atoms with van der Waals surface area (Å²) < 4.78 is 28.0. The first-order valence-electron chi connectivity index (χ1n) is 15.7. The van der Waals surface area contributed by atoms with Gasteiger partial charge in [-0.05, 0) is 6.42 Å². The zero-order valence-electron chi connectivity index (χ0n) is 25.0. The first-order valence-corrected chi connectivity index (χ1v) is 15.7. The molecule has 2 saturated heterocycles. The minimum absolute atomic E-state index is 0.150. The summed E-state index contributed by atoms with van der Waals surface area (Å²) in [6.07, 6.45) is -0.0357. The molecule has 0 radical (unpaired) electrons. The van der Waals surface area contributed by atoms with E-state index in [2.05, 4.69) is 6.92 Å². The lowest BCUT2D eigenvalue weighted by molar-refractivity contribution is -0.218. The van der Waals surface area contributed by atoms with Gasteiger partial charge in [0.1, 0.15) is 54.9 Å². The van der Waals surface area contributed by atoms with Gasteiger partial charge < -0.3 is 64.5 Å². The summed E-state index contributed by atoms with van der Waals surface area (Å²) in [5.41, 5.74) is 0. The molecule has 10 atom stereocenters. The van der Waals surface area contributed by atoms with Crippen LogP contribution in [0.4, 0.5) is 0 Å². The second-order valence-electron chi connectivity index (χ2n) is 11.4. The highest BCUT2D eigenvalue weighted by Gasteiger charge is 2.48. The Morgan fingerprint density at radius 1 is 0.571 bits per heavy atom. The molecule has 13 heteroatoms. The van der Waals surface area contributed by atoms with E-state index in [9.17, 15) is 30.6 Å². The Labute approximate surface area is 249 Å². The van der Waals surface area contributed by atoms with Gasteiger partial charge in [0, 0.05) is 6.61 Å². The average molecular weight is 613 g/mol. The third kappa shape index (κ3) is 12.5. The number of hydrogen-bond donors (Lipinski definition) is 8. The Morgan fingerprint density at radius 3 is 1.33 bits per heavy atom. The van der Waals surface area contributed by atoms with Crippen LogP contribution in [0.5, 0.6) is 0 Å². The molecule has 0 aromatic carbocycles. The van der Waals surface area contributed by atoms with Gasteiger partial charge in [-0.3, -0.25) is 0 Å². The first-order chi connectivity index (χ1) is 20.2. The smallest absolute Gasteiger partial charge is 0.186 e. The van der Waals surface area contributed by atoms with Crippen LogP contribution < -0.4 is 0 Å². The molecular formula is C29H56O13. The van der Waals surface area contributed by atoms with E-state index in [-0.39, 0.29) is 13.2 Å². The van der Waals surface area contributed by atoms with E-state index in [1.54, 1.807) is 0 Å². The molecule has 0 unspecified atom stereocenters. The maximum atomic E-state index is 10.3. The molecule has 0 saturated carbocycles. The van der Waals surface area contributed by atoms with E-state index in [4.69, 9.17) is 33.9 Å². The summed E-state index contributed by atoms with van der Waals surface area (Å²) in [7, 11) is 0. The van der Waals surface area contributed by atoms with Crippen LogP contribution in [0.3, 0.4) is 0 Å². The van der Waals surface area contributed by atoms with Crippen LogP contribution in [0.15, 0.2) is 0 Å². The molecule has 0 amide bonds. The Kier molecular flexibility index (Phi) is 19.1.